The van der Waals surface area contributed by atoms with Gasteiger partial charge in [-0.05, 0) is 25.2 Å². The summed E-state index contributed by atoms with van der Waals surface area (Å²) in [5.41, 5.74) is -0.308. The maximum Gasteiger partial charge on any atom is 0.110 e. The van der Waals surface area contributed by atoms with Crippen molar-refractivity contribution in [2.45, 2.75) is 32.2 Å². The highest BCUT2D eigenvalue weighted by atomic mass is 15.0. The van der Waals surface area contributed by atoms with Crippen LogP contribution in [0.15, 0.2) is 0 Å². The first-order chi connectivity index (χ1) is 5.58. The van der Waals surface area contributed by atoms with Gasteiger partial charge in [-0.25, -0.2) is 0 Å². The van der Waals surface area contributed by atoms with Gasteiger partial charge in [-0.1, -0.05) is 12.8 Å². The van der Waals surface area contributed by atoms with Crippen molar-refractivity contribution in [1.29, 1.82) is 5.26 Å². The van der Waals surface area contributed by atoms with Crippen molar-refractivity contribution in [2.24, 2.45) is 5.41 Å². The molecular formula is C10H14N2. The number of hydrogen-bond acceptors (Lipinski definition) is 2. The summed E-state index contributed by atoms with van der Waals surface area (Å²) in [4.78, 5) is 0. The Bertz CT molecular complexity index is 252. The zero-order valence-electron chi connectivity index (χ0n) is 7.65. The quantitative estimate of drug-likeness (QED) is 0.635. The van der Waals surface area contributed by atoms with Crippen molar-refractivity contribution < 1.29 is 0 Å². The van der Waals surface area contributed by atoms with Crippen LogP contribution in [0.1, 0.15) is 26.7 Å². The second-order valence-corrected chi connectivity index (χ2v) is 3.86. The molecule has 1 saturated carbocycles. The first kappa shape index (κ1) is 9.10. The SMILES string of the molecule is C#CCNC(C)(C#N)C1(C)CC1. The molecule has 1 fully saturated rings. The van der Waals surface area contributed by atoms with Gasteiger partial charge >= 0.3 is 0 Å². The van der Waals surface area contributed by atoms with Gasteiger partial charge in [-0.3, -0.25) is 5.32 Å². The third-order valence-corrected chi connectivity index (χ3v) is 2.97. The van der Waals surface area contributed by atoms with Gasteiger partial charge < -0.3 is 0 Å². The molecule has 0 heterocycles. The van der Waals surface area contributed by atoms with Crippen LogP contribution in [0.4, 0.5) is 0 Å². The van der Waals surface area contributed by atoms with E-state index in [1.807, 2.05) is 6.92 Å². The monoisotopic (exact) mass is 162 g/mol. The molecule has 1 rings (SSSR count). The highest BCUT2D eigenvalue weighted by Crippen LogP contribution is 2.53. The zero-order chi connectivity index (χ0) is 9.24. The van der Waals surface area contributed by atoms with Crippen LogP contribution in [0.5, 0.6) is 0 Å². The summed E-state index contributed by atoms with van der Waals surface area (Å²) in [6.45, 7) is 4.52. The Morgan fingerprint density at radius 2 is 2.25 bits per heavy atom. The van der Waals surface area contributed by atoms with Gasteiger partial charge in [0.25, 0.3) is 0 Å². The normalized spacial score (nSPS) is 23.3. The van der Waals surface area contributed by atoms with Crippen LogP contribution in [-0.2, 0) is 0 Å². The minimum absolute atomic E-state index is 0.137. The van der Waals surface area contributed by atoms with Crippen molar-refractivity contribution in [3.63, 3.8) is 0 Å². The van der Waals surface area contributed by atoms with Crippen LogP contribution in [0.2, 0.25) is 0 Å². The van der Waals surface area contributed by atoms with Crippen LogP contribution in [-0.4, -0.2) is 12.1 Å². The summed E-state index contributed by atoms with van der Waals surface area (Å²) in [6, 6.07) is 2.31. The second kappa shape index (κ2) is 2.81. The lowest BCUT2D eigenvalue weighted by atomic mass is 9.85. The molecule has 1 N–H and O–H groups in total. The molecule has 0 aromatic rings. The van der Waals surface area contributed by atoms with Gasteiger partial charge in [0, 0.05) is 0 Å². The fourth-order valence-corrected chi connectivity index (χ4v) is 1.30. The molecule has 1 aliphatic carbocycles. The first-order valence-electron chi connectivity index (χ1n) is 4.18. The maximum atomic E-state index is 9.01. The van der Waals surface area contributed by atoms with Crippen LogP contribution in [0, 0.1) is 29.1 Å². The Kier molecular flexibility index (Phi) is 2.13. The third-order valence-electron chi connectivity index (χ3n) is 2.97. The molecule has 0 radical (unpaired) electrons. The van der Waals surface area contributed by atoms with E-state index in [-0.39, 0.29) is 5.41 Å². The summed E-state index contributed by atoms with van der Waals surface area (Å²) in [5, 5.41) is 12.1. The number of nitrogens with zero attached hydrogens (tertiary/aromatic N) is 1. The van der Waals surface area contributed by atoms with Gasteiger partial charge in [0.15, 0.2) is 0 Å². The molecule has 0 bridgehead atoms. The van der Waals surface area contributed by atoms with Crippen molar-refractivity contribution in [1.82, 2.24) is 5.32 Å². The molecule has 0 aromatic heterocycles. The van der Waals surface area contributed by atoms with E-state index in [0.29, 0.717) is 6.54 Å². The summed E-state index contributed by atoms with van der Waals surface area (Å²) < 4.78 is 0. The lowest BCUT2D eigenvalue weighted by Crippen LogP contribution is -2.48. The summed E-state index contributed by atoms with van der Waals surface area (Å²) in [7, 11) is 0. The lowest BCUT2D eigenvalue weighted by Gasteiger charge is -2.29. The van der Waals surface area contributed by atoms with Crippen molar-refractivity contribution in [2.75, 3.05) is 6.54 Å². The third kappa shape index (κ3) is 1.31. The smallest absolute Gasteiger partial charge is 0.110 e. The molecule has 0 amide bonds. The highest BCUT2D eigenvalue weighted by Gasteiger charge is 2.53. The van der Waals surface area contributed by atoms with E-state index in [4.69, 9.17) is 11.7 Å². The second-order valence-electron chi connectivity index (χ2n) is 3.86. The number of nitrogens with one attached hydrogen (secondary N) is 1. The molecule has 0 spiro atoms. The molecule has 2 nitrogen and oxygen atoms in total. The van der Waals surface area contributed by atoms with E-state index in [9.17, 15) is 0 Å². The van der Waals surface area contributed by atoms with Gasteiger partial charge in [0.2, 0.25) is 0 Å². The van der Waals surface area contributed by atoms with Gasteiger partial charge in [0.1, 0.15) is 5.54 Å². The van der Waals surface area contributed by atoms with Crippen molar-refractivity contribution in [3.05, 3.63) is 0 Å². The lowest BCUT2D eigenvalue weighted by molar-refractivity contribution is 0.308. The largest absolute Gasteiger partial charge is 0.288 e. The minimum Gasteiger partial charge on any atom is -0.288 e. The summed E-state index contributed by atoms with van der Waals surface area (Å²) in [5.74, 6) is 2.50. The Labute approximate surface area is 74.0 Å². The van der Waals surface area contributed by atoms with E-state index in [2.05, 4.69) is 24.2 Å². The fraction of sp³-hybridized carbons (Fsp3) is 0.700. The molecule has 12 heavy (non-hydrogen) atoms. The Hall–Kier alpha value is -0.990. The molecule has 64 valence electrons. The van der Waals surface area contributed by atoms with Gasteiger partial charge in [-0.2, -0.15) is 5.26 Å². The van der Waals surface area contributed by atoms with Crippen LogP contribution < -0.4 is 5.32 Å². The Balaban J connectivity index is 2.65. The first-order valence-corrected chi connectivity index (χ1v) is 4.18. The molecular weight excluding hydrogens is 148 g/mol. The summed E-state index contributed by atoms with van der Waals surface area (Å²) in [6.07, 6.45) is 7.37. The molecule has 1 unspecified atom stereocenters. The average molecular weight is 162 g/mol. The topological polar surface area (TPSA) is 35.8 Å². The maximum absolute atomic E-state index is 9.01. The van der Waals surface area contributed by atoms with E-state index < -0.39 is 5.54 Å². The van der Waals surface area contributed by atoms with Crippen LogP contribution in [0.25, 0.3) is 0 Å². The number of rotatable bonds is 3. The number of hydrogen-bond donors (Lipinski definition) is 1. The van der Waals surface area contributed by atoms with Gasteiger partial charge in [0.05, 0.1) is 12.6 Å². The van der Waals surface area contributed by atoms with E-state index in [0.717, 1.165) is 12.8 Å². The Morgan fingerprint density at radius 3 is 2.58 bits per heavy atom. The van der Waals surface area contributed by atoms with Crippen molar-refractivity contribution >= 4 is 0 Å². The van der Waals surface area contributed by atoms with Crippen molar-refractivity contribution in [3.8, 4) is 18.4 Å². The standard InChI is InChI=1S/C10H14N2/c1-4-7-12-10(3,8-11)9(2)5-6-9/h1,12H,5-7H2,2-3H3. The molecule has 0 saturated heterocycles. The van der Waals surface area contributed by atoms with Crippen LogP contribution in [0.3, 0.4) is 0 Å². The molecule has 1 atom stereocenters. The molecule has 0 aromatic carbocycles. The molecule has 1 aliphatic rings. The number of nitriles is 1. The number of terminal acetylenes is 1. The van der Waals surface area contributed by atoms with E-state index in [1.165, 1.54) is 0 Å². The zero-order valence-corrected chi connectivity index (χ0v) is 7.65. The molecule has 0 aliphatic heterocycles. The predicted octanol–water partition coefficient (Wildman–Crippen LogP) is 1.29. The van der Waals surface area contributed by atoms with Crippen LogP contribution >= 0.6 is 0 Å². The Morgan fingerprint density at radius 1 is 1.67 bits per heavy atom. The average Bonchev–Trinajstić information content (AvgIpc) is 2.81. The predicted molar refractivity (Wildman–Crippen MR) is 48.2 cm³/mol. The minimum atomic E-state index is -0.445. The fourth-order valence-electron chi connectivity index (χ4n) is 1.30. The highest BCUT2D eigenvalue weighted by molar-refractivity contribution is 5.20. The van der Waals surface area contributed by atoms with E-state index >= 15 is 0 Å². The van der Waals surface area contributed by atoms with E-state index in [1.54, 1.807) is 0 Å². The molecule has 2 heteroatoms. The summed E-state index contributed by atoms with van der Waals surface area (Å²) >= 11 is 0. The van der Waals surface area contributed by atoms with Gasteiger partial charge in [-0.15, -0.1) is 6.42 Å².